The van der Waals surface area contributed by atoms with Crippen LogP contribution in [0.4, 0.5) is 0 Å². The fourth-order valence-electron chi connectivity index (χ4n) is 2.00. The summed E-state index contributed by atoms with van der Waals surface area (Å²) < 4.78 is 0.699. The monoisotopic (exact) mass is 347 g/mol. The average Bonchev–Trinajstić information content (AvgIpc) is 3.17. The molecule has 23 heavy (non-hydrogen) atoms. The molecule has 2 heterocycles. The molecule has 0 fully saturated rings. The SMILES string of the molecule is CCc1ccccc1-n1nnc(Sc2nc(CC(=O)O)cs2)n1. The van der Waals surface area contributed by atoms with Crippen molar-refractivity contribution in [3.05, 3.63) is 40.9 Å². The summed E-state index contributed by atoms with van der Waals surface area (Å²) in [6.07, 6.45) is 0.798. The van der Waals surface area contributed by atoms with Gasteiger partial charge in [0, 0.05) is 5.38 Å². The Morgan fingerprint density at radius 2 is 2.22 bits per heavy atom. The van der Waals surface area contributed by atoms with E-state index in [-0.39, 0.29) is 6.42 Å². The highest BCUT2D eigenvalue weighted by Crippen LogP contribution is 2.28. The van der Waals surface area contributed by atoms with E-state index in [4.69, 9.17) is 5.11 Å². The van der Waals surface area contributed by atoms with Crippen LogP contribution in [-0.2, 0) is 17.6 Å². The lowest BCUT2D eigenvalue weighted by molar-refractivity contribution is -0.136. The van der Waals surface area contributed by atoms with Crippen molar-refractivity contribution in [3.63, 3.8) is 0 Å². The topological polar surface area (TPSA) is 93.8 Å². The molecule has 3 aromatic rings. The van der Waals surface area contributed by atoms with Crippen LogP contribution in [0, 0.1) is 0 Å². The zero-order valence-electron chi connectivity index (χ0n) is 12.2. The molecular formula is C14H13N5O2S2. The summed E-state index contributed by atoms with van der Waals surface area (Å²) in [5, 5.41) is 23.4. The number of carbonyl (C=O) groups is 1. The summed E-state index contributed by atoms with van der Waals surface area (Å²) in [7, 11) is 0. The van der Waals surface area contributed by atoms with Gasteiger partial charge in [0.15, 0.2) is 4.34 Å². The van der Waals surface area contributed by atoms with Crippen molar-refractivity contribution in [1.82, 2.24) is 25.2 Å². The van der Waals surface area contributed by atoms with Crippen LogP contribution in [-0.4, -0.2) is 36.3 Å². The van der Waals surface area contributed by atoms with Crippen molar-refractivity contribution < 1.29 is 9.90 Å². The van der Waals surface area contributed by atoms with Crippen LogP contribution in [0.3, 0.4) is 0 Å². The van der Waals surface area contributed by atoms with Gasteiger partial charge in [-0.2, -0.15) is 0 Å². The molecule has 3 rings (SSSR count). The molecule has 0 saturated carbocycles. The number of rotatable bonds is 6. The summed E-state index contributed by atoms with van der Waals surface area (Å²) in [6.45, 7) is 2.07. The number of hydrogen-bond acceptors (Lipinski definition) is 7. The van der Waals surface area contributed by atoms with E-state index in [0.29, 0.717) is 15.2 Å². The number of aryl methyl sites for hydroxylation is 1. The summed E-state index contributed by atoms with van der Waals surface area (Å²) in [5.41, 5.74) is 2.58. The van der Waals surface area contributed by atoms with E-state index >= 15 is 0 Å². The third-order valence-electron chi connectivity index (χ3n) is 3.02. The average molecular weight is 347 g/mol. The molecular weight excluding hydrogens is 334 g/mol. The van der Waals surface area contributed by atoms with Gasteiger partial charge in [-0.25, -0.2) is 4.98 Å². The fourth-order valence-corrected chi connectivity index (χ4v) is 3.62. The van der Waals surface area contributed by atoms with Crippen LogP contribution in [0.5, 0.6) is 0 Å². The van der Waals surface area contributed by atoms with Gasteiger partial charge in [-0.3, -0.25) is 4.79 Å². The molecule has 2 aromatic heterocycles. The Labute approximate surface area is 140 Å². The van der Waals surface area contributed by atoms with Gasteiger partial charge < -0.3 is 5.11 Å². The number of aliphatic carboxylic acids is 1. The number of nitrogens with zero attached hydrogens (tertiary/aromatic N) is 5. The maximum Gasteiger partial charge on any atom is 0.309 e. The van der Waals surface area contributed by atoms with Gasteiger partial charge in [0.05, 0.1) is 17.8 Å². The smallest absolute Gasteiger partial charge is 0.309 e. The minimum absolute atomic E-state index is 0.0823. The molecule has 0 aliphatic rings. The van der Waals surface area contributed by atoms with Crippen LogP contribution in [0.25, 0.3) is 5.69 Å². The Hall–Kier alpha value is -2.26. The Morgan fingerprint density at radius 3 is 3.00 bits per heavy atom. The standard InChI is InChI=1S/C14H13N5O2S2/c1-2-9-5-3-4-6-11(9)19-17-13(16-18-19)23-14-15-10(8-22-14)7-12(20)21/h3-6,8H,2,7H2,1H3,(H,20,21). The van der Waals surface area contributed by atoms with Crippen molar-refractivity contribution >= 4 is 29.1 Å². The van der Waals surface area contributed by atoms with Crippen molar-refractivity contribution in [1.29, 1.82) is 0 Å². The van der Waals surface area contributed by atoms with Gasteiger partial charge in [0.25, 0.3) is 0 Å². The van der Waals surface area contributed by atoms with Gasteiger partial charge in [0.2, 0.25) is 5.16 Å². The lowest BCUT2D eigenvalue weighted by Gasteiger charge is -2.04. The molecule has 118 valence electrons. The molecule has 1 aromatic carbocycles. The normalized spacial score (nSPS) is 10.8. The van der Waals surface area contributed by atoms with Crippen molar-refractivity contribution in [2.75, 3.05) is 0 Å². The minimum Gasteiger partial charge on any atom is -0.481 e. The second-order valence-corrected chi connectivity index (χ2v) is 6.69. The number of tetrazole rings is 1. The third-order valence-corrected chi connectivity index (χ3v) is 4.86. The Balaban J connectivity index is 1.77. The summed E-state index contributed by atoms with van der Waals surface area (Å²) >= 11 is 2.64. The number of thiazole rings is 1. The van der Waals surface area contributed by atoms with E-state index in [9.17, 15) is 4.79 Å². The van der Waals surface area contributed by atoms with E-state index in [1.54, 1.807) is 5.38 Å². The lowest BCUT2D eigenvalue weighted by Crippen LogP contribution is -2.02. The van der Waals surface area contributed by atoms with E-state index in [1.807, 2.05) is 24.3 Å². The second kappa shape index (κ2) is 6.88. The molecule has 0 bridgehead atoms. The van der Waals surface area contributed by atoms with Gasteiger partial charge >= 0.3 is 5.97 Å². The predicted molar refractivity (Wildman–Crippen MR) is 86.1 cm³/mol. The highest BCUT2D eigenvalue weighted by atomic mass is 32.2. The zero-order valence-corrected chi connectivity index (χ0v) is 13.8. The molecule has 7 nitrogen and oxygen atoms in total. The first-order valence-corrected chi connectivity index (χ1v) is 8.57. The minimum atomic E-state index is -0.896. The van der Waals surface area contributed by atoms with Crippen LogP contribution in [0.15, 0.2) is 39.1 Å². The molecule has 0 aliphatic carbocycles. The highest BCUT2D eigenvalue weighted by Gasteiger charge is 2.12. The van der Waals surface area contributed by atoms with Gasteiger partial charge in [0.1, 0.15) is 0 Å². The van der Waals surface area contributed by atoms with Crippen LogP contribution < -0.4 is 0 Å². The largest absolute Gasteiger partial charge is 0.481 e. The molecule has 0 amide bonds. The number of hydrogen-bond donors (Lipinski definition) is 1. The van der Waals surface area contributed by atoms with Crippen molar-refractivity contribution in [2.45, 2.75) is 29.3 Å². The zero-order chi connectivity index (χ0) is 16.2. The summed E-state index contributed by atoms with van der Waals surface area (Å²) in [5.74, 6) is -0.896. The quantitative estimate of drug-likeness (QED) is 0.732. The summed E-state index contributed by atoms with van der Waals surface area (Å²) in [6, 6.07) is 7.89. The first-order valence-electron chi connectivity index (χ1n) is 6.88. The Morgan fingerprint density at radius 1 is 1.39 bits per heavy atom. The van der Waals surface area contributed by atoms with Gasteiger partial charge in [-0.05, 0) is 35.0 Å². The van der Waals surface area contributed by atoms with E-state index in [0.717, 1.165) is 17.7 Å². The Bertz CT molecular complexity index is 830. The molecule has 9 heteroatoms. The predicted octanol–water partition coefficient (Wildman–Crippen LogP) is 2.46. The van der Waals surface area contributed by atoms with E-state index < -0.39 is 5.97 Å². The van der Waals surface area contributed by atoms with Crippen molar-refractivity contribution in [3.8, 4) is 5.69 Å². The number of para-hydroxylation sites is 1. The number of carboxylic acids is 1. The first kappa shape index (κ1) is 15.6. The number of aromatic nitrogens is 5. The maximum absolute atomic E-state index is 10.7. The van der Waals surface area contributed by atoms with E-state index in [2.05, 4.69) is 27.3 Å². The second-order valence-electron chi connectivity index (χ2n) is 4.62. The first-order chi connectivity index (χ1) is 11.2. The molecule has 0 unspecified atom stereocenters. The van der Waals surface area contributed by atoms with Crippen LogP contribution in [0.1, 0.15) is 18.2 Å². The van der Waals surface area contributed by atoms with Gasteiger partial charge in [-0.15, -0.1) is 26.3 Å². The lowest BCUT2D eigenvalue weighted by atomic mass is 10.1. The maximum atomic E-state index is 10.7. The Kier molecular flexibility index (Phi) is 4.68. The molecule has 0 atom stereocenters. The van der Waals surface area contributed by atoms with Gasteiger partial charge in [-0.1, -0.05) is 25.1 Å². The number of carboxylic acid groups (broad SMARTS) is 1. The van der Waals surface area contributed by atoms with E-state index in [1.165, 1.54) is 27.9 Å². The van der Waals surface area contributed by atoms with Crippen molar-refractivity contribution in [2.24, 2.45) is 0 Å². The van der Waals surface area contributed by atoms with Crippen LogP contribution in [0.2, 0.25) is 0 Å². The molecule has 0 radical (unpaired) electrons. The number of benzene rings is 1. The third kappa shape index (κ3) is 3.74. The highest BCUT2D eigenvalue weighted by molar-refractivity contribution is 8.00. The molecule has 1 N–H and O–H groups in total. The summed E-state index contributed by atoms with van der Waals surface area (Å²) in [4.78, 5) is 16.4. The van der Waals surface area contributed by atoms with Crippen LogP contribution >= 0.6 is 23.1 Å². The molecule has 0 saturated heterocycles. The molecule has 0 spiro atoms. The molecule has 0 aliphatic heterocycles. The fraction of sp³-hybridized carbons (Fsp3) is 0.214.